The predicted octanol–water partition coefficient (Wildman–Crippen LogP) is 5.73. The van der Waals surface area contributed by atoms with Gasteiger partial charge in [0.05, 0.1) is 40.1 Å². The zero-order valence-electron chi connectivity index (χ0n) is 23.4. The summed E-state index contributed by atoms with van der Waals surface area (Å²) < 4.78 is 34.7. The Labute approximate surface area is 238 Å². The molecular formula is C33H32O8. The van der Waals surface area contributed by atoms with Crippen molar-refractivity contribution in [3.63, 3.8) is 0 Å². The quantitative estimate of drug-likeness (QED) is 0.248. The van der Waals surface area contributed by atoms with Crippen LogP contribution in [0.25, 0.3) is 16.5 Å². The predicted molar refractivity (Wildman–Crippen MR) is 155 cm³/mol. The molecule has 1 heterocycles. The first-order valence-electron chi connectivity index (χ1n) is 13.2. The van der Waals surface area contributed by atoms with Gasteiger partial charge in [-0.05, 0) is 60.2 Å². The average Bonchev–Trinajstić information content (AvgIpc) is 3.02. The molecule has 0 atom stereocenters. The van der Waals surface area contributed by atoms with E-state index in [0.29, 0.717) is 29.4 Å². The fourth-order valence-corrected chi connectivity index (χ4v) is 5.07. The second kappa shape index (κ2) is 11.8. The molecule has 0 bridgehead atoms. The fourth-order valence-electron chi connectivity index (χ4n) is 5.07. The number of benzene rings is 4. The Morgan fingerprint density at radius 3 is 2.02 bits per heavy atom. The molecule has 212 valence electrons. The smallest absolute Gasteiger partial charge is 0.341 e. The van der Waals surface area contributed by atoms with Crippen molar-refractivity contribution in [2.75, 3.05) is 41.2 Å². The molecule has 4 aromatic carbocycles. The number of aliphatic hydroxyl groups is 1. The van der Waals surface area contributed by atoms with Gasteiger partial charge in [-0.2, -0.15) is 0 Å². The maximum Gasteiger partial charge on any atom is 0.341 e. The molecule has 0 radical (unpaired) electrons. The van der Waals surface area contributed by atoms with E-state index in [-0.39, 0.29) is 18.8 Å². The van der Waals surface area contributed by atoms with E-state index in [4.69, 9.17) is 28.4 Å². The van der Waals surface area contributed by atoms with E-state index in [1.165, 1.54) is 7.11 Å². The van der Waals surface area contributed by atoms with E-state index >= 15 is 0 Å². The van der Waals surface area contributed by atoms with Crippen LogP contribution in [0.15, 0.2) is 78.9 Å². The molecule has 1 aliphatic rings. The lowest BCUT2D eigenvalue weighted by Crippen LogP contribution is -2.35. The first-order chi connectivity index (χ1) is 20.0. The summed E-state index contributed by atoms with van der Waals surface area (Å²) in [5.74, 6) is 2.40. The molecule has 4 aromatic rings. The van der Waals surface area contributed by atoms with Crippen molar-refractivity contribution in [1.82, 2.24) is 0 Å². The highest BCUT2D eigenvalue weighted by Crippen LogP contribution is 2.48. The van der Waals surface area contributed by atoms with Crippen LogP contribution in [0.5, 0.6) is 23.0 Å². The van der Waals surface area contributed by atoms with Crippen LogP contribution in [0.1, 0.15) is 34.0 Å². The second-order valence-electron chi connectivity index (χ2n) is 9.31. The molecule has 0 aromatic heterocycles. The molecule has 0 unspecified atom stereocenters. The maximum atomic E-state index is 12.7. The Morgan fingerprint density at radius 1 is 0.854 bits per heavy atom. The molecule has 0 saturated heterocycles. The van der Waals surface area contributed by atoms with Crippen LogP contribution >= 0.6 is 0 Å². The normalized spacial score (nSPS) is 13.4. The number of hydrogen-bond donors (Lipinski definition) is 1. The monoisotopic (exact) mass is 556 g/mol. The number of aliphatic hydroxyl groups excluding tert-OH is 1. The van der Waals surface area contributed by atoms with E-state index in [1.807, 2.05) is 73.7 Å². The standard InChI is InChI=1S/C33H32O8/c1-5-39-30-20-33(22-7-11-24(36-2)12-8-22,23-9-13-25(37-3)14-10-23)41-28-15-6-21-18-29(40-17-16-34)27(32(35)38-4)19-26(21)31(28)30/h6-15,18-20,34H,5,16-17H2,1-4H3. The first-order valence-corrected chi connectivity index (χ1v) is 13.2. The van der Waals surface area contributed by atoms with Gasteiger partial charge < -0.3 is 33.5 Å². The Kier molecular flexibility index (Phi) is 8.03. The van der Waals surface area contributed by atoms with Gasteiger partial charge in [-0.3, -0.25) is 0 Å². The van der Waals surface area contributed by atoms with Crippen LogP contribution in [0.2, 0.25) is 0 Å². The van der Waals surface area contributed by atoms with Gasteiger partial charge >= 0.3 is 5.97 Å². The number of fused-ring (bicyclic) bond motifs is 3. The van der Waals surface area contributed by atoms with Crippen LogP contribution in [-0.4, -0.2) is 52.2 Å². The average molecular weight is 557 g/mol. The lowest BCUT2D eigenvalue weighted by Gasteiger charge is -2.38. The minimum absolute atomic E-state index is 0.0416. The highest BCUT2D eigenvalue weighted by atomic mass is 16.5. The van der Waals surface area contributed by atoms with Gasteiger partial charge in [-0.25, -0.2) is 4.79 Å². The maximum absolute atomic E-state index is 12.7. The molecule has 0 amide bonds. The van der Waals surface area contributed by atoms with Crippen molar-refractivity contribution in [3.8, 4) is 23.0 Å². The number of methoxy groups -OCH3 is 3. The Hall–Kier alpha value is -4.69. The highest BCUT2D eigenvalue weighted by molar-refractivity contribution is 6.03. The lowest BCUT2D eigenvalue weighted by atomic mass is 9.82. The molecular weight excluding hydrogens is 524 g/mol. The third-order valence-corrected chi connectivity index (χ3v) is 7.03. The number of esters is 1. The molecule has 5 rings (SSSR count). The van der Waals surface area contributed by atoms with Crippen LogP contribution < -0.4 is 18.9 Å². The van der Waals surface area contributed by atoms with E-state index in [2.05, 4.69) is 0 Å². The van der Waals surface area contributed by atoms with E-state index in [1.54, 1.807) is 26.4 Å². The van der Waals surface area contributed by atoms with Gasteiger partial charge in [0, 0.05) is 17.2 Å². The Bertz CT molecular complexity index is 1520. The molecule has 0 spiro atoms. The molecule has 8 nitrogen and oxygen atoms in total. The van der Waals surface area contributed by atoms with Crippen LogP contribution in [0.4, 0.5) is 0 Å². The first kappa shape index (κ1) is 27.9. The summed E-state index contributed by atoms with van der Waals surface area (Å²) in [6.45, 7) is 2.18. The molecule has 0 fully saturated rings. The lowest BCUT2D eigenvalue weighted by molar-refractivity contribution is 0.0595. The van der Waals surface area contributed by atoms with Crippen molar-refractivity contribution in [3.05, 3.63) is 101 Å². The van der Waals surface area contributed by atoms with Crippen LogP contribution in [-0.2, 0) is 15.1 Å². The van der Waals surface area contributed by atoms with Crippen molar-refractivity contribution < 1.29 is 38.3 Å². The third-order valence-electron chi connectivity index (χ3n) is 7.03. The SMILES string of the molecule is CCOC1=CC(c2ccc(OC)cc2)(c2ccc(OC)cc2)Oc2ccc3cc(OCCO)c(C(=O)OC)cc3c21. The summed E-state index contributed by atoms with van der Waals surface area (Å²) in [4.78, 5) is 12.7. The number of hydrogen-bond acceptors (Lipinski definition) is 8. The zero-order valence-corrected chi connectivity index (χ0v) is 23.4. The van der Waals surface area contributed by atoms with Crippen molar-refractivity contribution >= 4 is 22.5 Å². The molecule has 1 aliphatic heterocycles. The van der Waals surface area contributed by atoms with Crippen LogP contribution in [0.3, 0.4) is 0 Å². The largest absolute Gasteiger partial charge is 0.497 e. The third kappa shape index (κ3) is 5.14. The number of carbonyl (C=O) groups excluding carboxylic acids is 1. The van der Waals surface area contributed by atoms with E-state index < -0.39 is 11.6 Å². The summed E-state index contributed by atoms with van der Waals surface area (Å²) in [6, 6.07) is 22.7. The summed E-state index contributed by atoms with van der Waals surface area (Å²) in [6.07, 6.45) is 1.97. The van der Waals surface area contributed by atoms with Crippen LogP contribution in [0, 0.1) is 0 Å². The Balaban J connectivity index is 1.76. The molecule has 0 aliphatic carbocycles. The van der Waals surface area contributed by atoms with Gasteiger partial charge in [-0.1, -0.05) is 30.3 Å². The van der Waals surface area contributed by atoms with Gasteiger partial charge in [-0.15, -0.1) is 0 Å². The Morgan fingerprint density at radius 2 is 1.49 bits per heavy atom. The molecule has 8 heteroatoms. The zero-order chi connectivity index (χ0) is 29.0. The second-order valence-corrected chi connectivity index (χ2v) is 9.31. The molecule has 41 heavy (non-hydrogen) atoms. The van der Waals surface area contributed by atoms with E-state index in [9.17, 15) is 9.90 Å². The summed E-state index contributed by atoms with van der Waals surface area (Å²) in [7, 11) is 4.57. The van der Waals surface area contributed by atoms with E-state index in [0.717, 1.165) is 33.4 Å². The van der Waals surface area contributed by atoms with Gasteiger partial charge in [0.25, 0.3) is 0 Å². The number of ether oxygens (including phenoxy) is 6. The number of rotatable bonds is 10. The highest BCUT2D eigenvalue weighted by Gasteiger charge is 2.41. The van der Waals surface area contributed by atoms with Crippen molar-refractivity contribution in [1.29, 1.82) is 0 Å². The van der Waals surface area contributed by atoms with Gasteiger partial charge in [0.1, 0.15) is 40.9 Å². The summed E-state index contributed by atoms with van der Waals surface area (Å²) in [5, 5.41) is 10.8. The fraction of sp³-hybridized carbons (Fsp3) is 0.242. The van der Waals surface area contributed by atoms with Crippen molar-refractivity contribution in [2.45, 2.75) is 12.5 Å². The van der Waals surface area contributed by atoms with Gasteiger partial charge in [0.15, 0.2) is 5.60 Å². The van der Waals surface area contributed by atoms with Gasteiger partial charge in [0.2, 0.25) is 0 Å². The molecule has 1 N–H and O–H groups in total. The molecule has 0 saturated carbocycles. The summed E-state index contributed by atoms with van der Waals surface area (Å²) >= 11 is 0. The topological polar surface area (TPSA) is 92.7 Å². The van der Waals surface area contributed by atoms with Crippen molar-refractivity contribution in [2.24, 2.45) is 0 Å². The minimum atomic E-state index is -1.04. The number of carbonyl (C=O) groups is 1. The minimum Gasteiger partial charge on any atom is -0.497 e. The summed E-state index contributed by atoms with van der Waals surface area (Å²) in [5.41, 5.74) is 1.64.